The summed E-state index contributed by atoms with van der Waals surface area (Å²) in [6.45, 7) is 2.07. The first-order valence-electron chi connectivity index (χ1n) is 10.0. The molecule has 0 aliphatic heterocycles. The van der Waals surface area contributed by atoms with E-state index in [1.807, 2.05) is 60.7 Å². The van der Waals surface area contributed by atoms with Crippen molar-refractivity contribution in [3.8, 4) is 6.07 Å². The highest BCUT2D eigenvalue weighted by Crippen LogP contribution is 2.20. The summed E-state index contributed by atoms with van der Waals surface area (Å²) in [7, 11) is 0. The third-order valence-corrected chi connectivity index (χ3v) is 4.69. The van der Waals surface area contributed by atoms with Gasteiger partial charge in [0.05, 0.1) is 12.5 Å². The number of hydrogen-bond acceptors (Lipinski definition) is 5. The van der Waals surface area contributed by atoms with Gasteiger partial charge in [0.15, 0.2) is 5.82 Å². The minimum absolute atomic E-state index is 0.0153. The lowest BCUT2D eigenvalue weighted by Crippen LogP contribution is -2.34. The summed E-state index contributed by atoms with van der Waals surface area (Å²) in [5.41, 5.74) is 1.56. The van der Waals surface area contributed by atoms with Gasteiger partial charge in [0.25, 0.3) is 0 Å². The average Bonchev–Trinajstić information content (AvgIpc) is 3.23. The van der Waals surface area contributed by atoms with Crippen molar-refractivity contribution in [2.24, 2.45) is 0 Å². The van der Waals surface area contributed by atoms with E-state index in [0.717, 1.165) is 5.56 Å². The van der Waals surface area contributed by atoms with Gasteiger partial charge in [0, 0.05) is 25.1 Å². The van der Waals surface area contributed by atoms with E-state index in [9.17, 15) is 9.59 Å². The minimum atomic E-state index is -0.516. The molecule has 3 rings (SSSR count). The third-order valence-electron chi connectivity index (χ3n) is 4.69. The smallest absolute Gasteiger partial charge is 0.227 e. The summed E-state index contributed by atoms with van der Waals surface area (Å²) in [5.74, 6) is 0.624. The number of hydrogen-bond donors (Lipinski definition) is 2. The summed E-state index contributed by atoms with van der Waals surface area (Å²) in [6.07, 6.45) is 0.259. The van der Waals surface area contributed by atoms with Gasteiger partial charge in [-0.2, -0.15) is 10.4 Å². The number of rotatable bonds is 9. The Balaban J connectivity index is 1.66. The number of carbonyl (C=O) groups is 2. The molecule has 0 radical (unpaired) electrons. The highest BCUT2D eigenvalue weighted by molar-refractivity contribution is 5.95. The molecule has 0 spiro atoms. The van der Waals surface area contributed by atoms with Gasteiger partial charge in [-0.05, 0) is 24.6 Å². The number of nitrogens with one attached hydrogen (secondary N) is 2. The van der Waals surface area contributed by atoms with Gasteiger partial charge in [-0.3, -0.25) is 14.7 Å². The molecule has 1 unspecified atom stereocenters. The quantitative estimate of drug-likeness (QED) is 0.556. The van der Waals surface area contributed by atoms with Gasteiger partial charge in [-0.15, -0.1) is 0 Å². The first kappa shape index (κ1) is 21.7. The van der Waals surface area contributed by atoms with Crippen LogP contribution >= 0.6 is 0 Å². The molecule has 0 aliphatic carbocycles. The summed E-state index contributed by atoms with van der Waals surface area (Å²) in [4.78, 5) is 31.4. The molecule has 8 nitrogen and oxygen atoms in total. The molecule has 1 heterocycles. The van der Waals surface area contributed by atoms with Crippen molar-refractivity contribution < 1.29 is 9.59 Å². The molecule has 2 N–H and O–H groups in total. The fourth-order valence-corrected chi connectivity index (χ4v) is 3.19. The summed E-state index contributed by atoms with van der Waals surface area (Å²) < 4.78 is 0. The van der Waals surface area contributed by atoms with E-state index < -0.39 is 6.04 Å². The average molecular weight is 416 g/mol. The Labute approximate surface area is 180 Å². The monoisotopic (exact) mass is 416 g/mol. The number of nitrogens with zero attached hydrogens (tertiary/aromatic N) is 4. The predicted octanol–water partition coefficient (Wildman–Crippen LogP) is 3.05. The van der Waals surface area contributed by atoms with Crippen molar-refractivity contribution >= 4 is 17.5 Å². The van der Waals surface area contributed by atoms with Crippen molar-refractivity contribution in [2.75, 3.05) is 11.4 Å². The number of para-hydroxylation sites is 1. The molecule has 0 fully saturated rings. The number of H-pyrrole nitrogens is 1. The molecule has 2 amide bonds. The zero-order valence-electron chi connectivity index (χ0n) is 17.3. The Morgan fingerprint density at radius 1 is 1.10 bits per heavy atom. The van der Waals surface area contributed by atoms with Crippen LogP contribution in [0, 0.1) is 18.3 Å². The first-order chi connectivity index (χ1) is 15.1. The molecule has 0 bridgehead atoms. The molecule has 0 saturated carbocycles. The highest BCUT2D eigenvalue weighted by atomic mass is 16.2. The van der Waals surface area contributed by atoms with Crippen LogP contribution in [0.3, 0.4) is 0 Å². The number of aromatic nitrogens is 3. The zero-order valence-corrected chi connectivity index (χ0v) is 17.3. The predicted molar refractivity (Wildman–Crippen MR) is 116 cm³/mol. The van der Waals surface area contributed by atoms with Crippen molar-refractivity contribution in [2.45, 2.75) is 32.2 Å². The number of benzene rings is 2. The molecule has 31 heavy (non-hydrogen) atoms. The Morgan fingerprint density at radius 3 is 2.39 bits per heavy atom. The molecule has 0 saturated heterocycles. The van der Waals surface area contributed by atoms with Crippen LogP contribution in [0.2, 0.25) is 0 Å². The summed E-state index contributed by atoms with van der Waals surface area (Å²) in [5, 5.41) is 18.8. The molecular weight excluding hydrogens is 392 g/mol. The van der Waals surface area contributed by atoms with Gasteiger partial charge in [0.2, 0.25) is 11.8 Å². The molecule has 8 heteroatoms. The van der Waals surface area contributed by atoms with Crippen molar-refractivity contribution in [3.63, 3.8) is 0 Å². The number of nitriles is 1. The Morgan fingerprint density at radius 2 is 1.77 bits per heavy atom. The molecule has 2 aromatic carbocycles. The maximum atomic E-state index is 12.8. The van der Waals surface area contributed by atoms with Gasteiger partial charge < -0.3 is 10.2 Å². The second kappa shape index (κ2) is 10.7. The number of aryl methyl sites for hydroxylation is 1. The second-order valence-electron chi connectivity index (χ2n) is 6.98. The second-order valence-corrected chi connectivity index (χ2v) is 6.98. The number of aromatic amines is 1. The molecule has 1 atom stereocenters. The Hall–Kier alpha value is -3.99. The fourth-order valence-electron chi connectivity index (χ4n) is 3.19. The van der Waals surface area contributed by atoms with E-state index in [1.165, 1.54) is 0 Å². The van der Waals surface area contributed by atoms with Gasteiger partial charge >= 0.3 is 0 Å². The molecule has 0 aliphatic rings. The van der Waals surface area contributed by atoms with Crippen LogP contribution in [-0.4, -0.2) is 33.5 Å². The van der Waals surface area contributed by atoms with Crippen LogP contribution in [0.5, 0.6) is 0 Å². The van der Waals surface area contributed by atoms with Gasteiger partial charge in [-0.1, -0.05) is 48.5 Å². The summed E-state index contributed by atoms with van der Waals surface area (Å²) in [6, 6.07) is 20.1. The Bertz CT molecular complexity index is 1040. The van der Waals surface area contributed by atoms with Crippen molar-refractivity contribution in [1.29, 1.82) is 5.26 Å². The largest absolute Gasteiger partial charge is 0.342 e. The fraction of sp³-hybridized carbons (Fsp3) is 0.261. The van der Waals surface area contributed by atoms with Crippen LogP contribution < -0.4 is 10.2 Å². The number of carbonyl (C=O) groups excluding carboxylic acids is 2. The molecular formula is C23H24N6O2. The normalized spacial score (nSPS) is 11.4. The standard InChI is InChI=1S/C23H24N6O2/c1-17-25-23(28-27-17)22(18-9-4-2-5-10-18)26-20(30)13-14-21(31)29(16-8-15-24)19-11-6-3-7-12-19/h2-7,9-12,22H,8,13-14,16H2,1H3,(H,26,30)(H,25,27,28). The van der Waals surface area contributed by atoms with Crippen LogP contribution in [0.25, 0.3) is 0 Å². The SMILES string of the molecule is Cc1nc(C(NC(=O)CCC(=O)N(CCC#N)c2ccccc2)c2ccccc2)n[nH]1. The van der Waals surface area contributed by atoms with Crippen LogP contribution in [0.1, 0.15) is 42.5 Å². The summed E-state index contributed by atoms with van der Waals surface area (Å²) >= 11 is 0. The molecule has 1 aromatic heterocycles. The number of amides is 2. The van der Waals surface area contributed by atoms with E-state index >= 15 is 0 Å². The zero-order chi connectivity index (χ0) is 22.1. The topological polar surface area (TPSA) is 115 Å². The van der Waals surface area contributed by atoms with Crippen LogP contribution in [0.4, 0.5) is 5.69 Å². The van der Waals surface area contributed by atoms with Gasteiger partial charge in [0.1, 0.15) is 11.9 Å². The van der Waals surface area contributed by atoms with E-state index in [-0.39, 0.29) is 37.6 Å². The Kier molecular flexibility index (Phi) is 7.49. The first-order valence-corrected chi connectivity index (χ1v) is 10.0. The van der Waals surface area contributed by atoms with Crippen LogP contribution in [-0.2, 0) is 9.59 Å². The lowest BCUT2D eigenvalue weighted by Gasteiger charge is -2.22. The highest BCUT2D eigenvalue weighted by Gasteiger charge is 2.22. The number of anilines is 1. The molecule has 3 aromatic rings. The van der Waals surface area contributed by atoms with Gasteiger partial charge in [-0.25, -0.2) is 4.98 Å². The lowest BCUT2D eigenvalue weighted by atomic mass is 10.1. The van der Waals surface area contributed by atoms with Crippen molar-refractivity contribution in [3.05, 3.63) is 77.9 Å². The maximum Gasteiger partial charge on any atom is 0.227 e. The third kappa shape index (κ3) is 6.00. The minimum Gasteiger partial charge on any atom is -0.342 e. The van der Waals surface area contributed by atoms with Crippen LogP contribution in [0.15, 0.2) is 60.7 Å². The molecule has 158 valence electrons. The maximum absolute atomic E-state index is 12.8. The van der Waals surface area contributed by atoms with E-state index in [2.05, 4.69) is 26.6 Å². The van der Waals surface area contributed by atoms with E-state index in [4.69, 9.17) is 5.26 Å². The van der Waals surface area contributed by atoms with E-state index in [1.54, 1.807) is 11.8 Å². The lowest BCUT2D eigenvalue weighted by molar-refractivity contribution is -0.125. The van der Waals surface area contributed by atoms with Crippen molar-refractivity contribution in [1.82, 2.24) is 20.5 Å². The van der Waals surface area contributed by atoms with E-state index in [0.29, 0.717) is 17.3 Å².